The van der Waals surface area contributed by atoms with Crippen molar-refractivity contribution in [3.05, 3.63) is 95.3 Å². The number of hydrogen-bond donors (Lipinski definition) is 1. The largest absolute Gasteiger partial charge is 0.327 e. The molecule has 1 heterocycles. The lowest BCUT2D eigenvalue weighted by Crippen LogP contribution is -3.15. The number of hydrogen-bond acceptors (Lipinski definition) is 1. The molecule has 1 aliphatic heterocycles. The number of piperazine rings is 1. The van der Waals surface area contributed by atoms with Crippen LogP contribution in [0, 0.1) is 5.82 Å². The molecule has 0 unspecified atom stereocenters. The van der Waals surface area contributed by atoms with Crippen molar-refractivity contribution in [2.45, 2.75) is 6.04 Å². The Morgan fingerprint density at radius 3 is 1.96 bits per heavy atom. The first kappa shape index (κ1) is 17.1. The number of benzene rings is 3. The van der Waals surface area contributed by atoms with E-state index in [4.69, 9.17) is 0 Å². The molecule has 4 heteroatoms. The van der Waals surface area contributed by atoms with Gasteiger partial charge in [-0.3, -0.25) is 4.79 Å². The molecule has 28 heavy (non-hydrogen) atoms. The zero-order valence-corrected chi connectivity index (χ0v) is 15.6. The summed E-state index contributed by atoms with van der Waals surface area (Å²) >= 11 is 0. The molecule has 3 aromatic rings. The Balaban J connectivity index is 1.38. The fourth-order valence-electron chi connectivity index (χ4n) is 4.69. The summed E-state index contributed by atoms with van der Waals surface area (Å²) in [6, 6.07) is 23.8. The lowest BCUT2D eigenvalue weighted by Gasteiger charge is -2.36. The second kappa shape index (κ2) is 6.88. The third-order valence-electron chi connectivity index (χ3n) is 6.04. The summed E-state index contributed by atoms with van der Waals surface area (Å²) in [4.78, 5) is 16.0. The molecule has 2 aliphatic rings. The third kappa shape index (κ3) is 2.72. The molecule has 0 radical (unpaired) electrons. The fourth-order valence-corrected chi connectivity index (χ4v) is 4.69. The molecule has 0 saturated carbocycles. The van der Waals surface area contributed by atoms with Gasteiger partial charge >= 0.3 is 0 Å². The van der Waals surface area contributed by atoms with E-state index in [2.05, 4.69) is 48.5 Å². The smallest absolute Gasteiger partial charge is 0.257 e. The second-order valence-electron chi connectivity index (χ2n) is 7.54. The van der Waals surface area contributed by atoms with Gasteiger partial charge in [0.2, 0.25) is 0 Å². The lowest BCUT2D eigenvalue weighted by molar-refractivity contribution is -0.928. The van der Waals surface area contributed by atoms with Crippen molar-refractivity contribution in [3.8, 4) is 11.1 Å². The SMILES string of the molecule is O=C(c1ccccc1F)N1CC[NH+](C2c3ccccc3-c3ccccc32)CC1. The van der Waals surface area contributed by atoms with Gasteiger partial charge < -0.3 is 9.80 Å². The molecule has 3 aromatic carbocycles. The number of carbonyl (C=O) groups is 1. The first-order valence-electron chi connectivity index (χ1n) is 9.80. The molecule has 1 N–H and O–H groups in total. The van der Waals surface area contributed by atoms with Crippen LogP contribution < -0.4 is 4.90 Å². The van der Waals surface area contributed by atoms with Crippen molar-refractivity contribution in [3.63, 3.8) is 0 Å². The highest BCUT2D eigenvalue weighted by molar-refractivity contribution is 5.94. The molecule has 0 spiro atoms. The van der Waals surface area contributed by atoms with E-state index in [-0.39, 0.29) is 11.5 Å². The van der Waals surface area contributed by atoms with Crippen LogP contribution in [-0.4, -0.2) is 37.0 Å². The molecule has 1 amide bonds. The number of rotatable bonds is 2. The number of nitrogens with one attached hydrogen (secondary N) is 1. The van der Waals surface area contributed by atoms with Gasteiger partial charge in [0.1, 0.15) is 11.9 Å². The van der Waals surface area contributed by atoms with E-state index in [0.717, 1.165) is 13.1 Å². The Hall–Kier alpha value is -2.98. The zero-order chi connectivity index (χ0) is 19.1. The maximum Gasteiger partial charge on any atom is 0.257 e. The predicted molar refractivity (Wildman–Crippen MR) is 107 cm³/mol. The zero-order valence-electron chi connectivity index (χ0n) is 15.6. The summed E-state index contributed by atoms with van der Waals surface area (Å²) in [5.41, 5.74) is 5.54. The standard InChI is InChI=1S/C24H21FN2O/c25-22-12-6-5-11-21(22)24(28)27-15-13-26(14-16-27)23-19-9-3-1-7-17(19)18-8-2-4-10-20(18)23/h1-12,23H,13-16H2/p+1. The summed E-state index contributed by atoms with van der Waals surface area (Å²) in [6.45, 7) is 2.99. The number of fused-ring (bicyclic) bond motifs is 3. The number of halogens is 1. The molecule has 0 atom stereocenters. The Bertz CT molecular complexity index is 995. The van der Waals surface area contributed by atoms with Crippen LogP contribution in [0.15, 0.2) is 72.8 Å². The molecule has 0 aromatic heterocycles. The van der Waals surface area contributed by atoms with Crippen LogP contribution in [0.2, 0.25) is 0 Å². The Kier molecular flexibility index (Phi) is 4.21. The Labute approximate surface area is 164 Å². The van der Waals surface area contributed by atoms with Gasteiger partial charge in [0, 0.05) is 11.1 Å². The van der Waals surface area contributed by atoms with E-state index in [1.165, 1.54) is 33.2 Å². The molecule has 1 aliphatic carbocycles. The molecule has 1 saturated heterocycles. The normalized spacial score (nSPS) is 16.7. The van der Waals surface area contributed by atoms with Gasteiger partial charge in [0.15, 0.2) is 0 Å². The van der Waals surface area contributed by atoms with Gasteiger partial charge in [-0.25, -0.2) is 4.39 Å². The number of nitrogens with zero attached hydrogens (tertiary/aromatic N) is 1. The average Bonchev–Trinajstić information content (AvgIpc) is 3.08. The van der Waals surface area contributed by atoms with Gasteiger partial charge in [-0.1, -0.05) is 60.7 Å². The van der Waals surface area contributed by atoms with Crippen molar-refractivity contribution in [1.29, 1.82) is 0 Å². The third-order valence-corrected chi connectivity index (χ3v) is 6.04. The molecule has 140 valence electrons. The van der Waals surface area contributed by atoms with Crippen LogP contribution in [-0.2, 0) is 0 Å². The van der Waals surface area contributed by atoms with Crippen molar-refractivity contribution >= 4 is 5.91 Å². The number of amides is 1. The second-order valence-corrected chi connectivity index (χ2v) is 7.54. The van der Waals surface area contributed by atoms with Crippen molar-refractivity contribution in [2.24, 2.45) is 0 Å². The summed E-state index contributed by atoms with van der Waals surface area (Å²) in [5.74, 6) is -0.648. The van der Waals surface area contributed by atoms with Gasteiger partial charge in [-0.2, -0.15) is 0 Å². The maximum atomic E-state index is 14.0. The van der Waals surface area contributed by atoms with E-state index in [1.807, 2.05) is 0 Å². The number of carbonyl (C=O) groups excluding carboxylic acids is 1. The molecule has 5 rings (SSSR count). The first-order valence-corrected chi connectivity index (χ1v) is 9.80. The van der Waals surface area contributed by atoms with Crippen LogP contribution in [0.3, 0.4) is 0 Å². The van der Waals surface area contributed by atoms with Crippen molar-refractivity contribution in [1.82, 2.24) is 4.90 Å². The average molecular weight is 373 g/mol. The molecule has 0 bridgehead atoms. The van der Waals surface area contributed by atoms with Gasteiger partial charge in [-0.05, 0) is 23.3 Å². The minimum absolute atomic E-state index is 0.169. The van der Waals surface area contributed by atoms with E-state index >= 15 is 0 Å². The van der Waals surface area contributed by atoms with Crippen LogP contribution in [0.4, 0.5) is 4.39 Å². The van der Waals surface area contributed by atoms with E-state index < -0.39 is 5.82 Å². The summed E-state index contributed by atoms with van der Waals surface area (Å²) in [7, 11) is 0. The monoisotopic (exact) mass is 373 g/mol. The van der Waals surface area contributed by atoms with E-state index in [1.54, 1.807) is 23.1 Å². The molecular weight excluding hydrogens is 351 g/mol. The van der Waals surface area contributed by atoms with Crippen LogP contribution >= 0.6 is 0 Å². The van der Waals surface area contributed by atoms with Crippen LogP contribution in [0.1, 0.15) is 27.5 Å². The Morgan fingerprint density at radius 2 is 1.36 bits per heavy atom. The summed E-state index contributed by atoms with van der Waals surface area (Å²) in [5, 5.41) is 0. The van der Waals surface area contributed by atoms with E-state index in [0.29, 0.717) is 19.1 Å². The minimum Gasteiger partial charge on any atom is -0.327 e. The highest BCUT2D eigenvalue weighted by Crippen LogP contribution is 2.41. The predicted octanol–water partition coefficient (Wildman–Crippen LogP) is 2.94. The number of quaternary nitrogens is 1. The van der Waals surface area contributed by atoms with E-state index in [9.17, 15) is 9.18 Å². The topological polar surface area (TPSA) is 24.8 Å². The lowest BCUT2D eigenvalue weighted by atomic mass is 10.0. The summed E-state index contributed by atoms with van der Waals surface area (Å²) in [6.07, 6.45) is 0. The quantitative estimate of drug-likeness (QED) is 0.734. The van der Waals surface area contributed by atoms with Crippen LogP contribution in [0.25, 0.3) is 11.1 Å². The van der Waals surface area contributed by atoms with Crippen molar-refractivity contribution < 1.29 is 14.1 Å². The highest BCUT2D eigenvalue weighted by Gasteiger charge is 2.38. The summed E-state index contributed by atoms with van der Waals surface area (Å²) < 4.78 is 14.0. The first-order chi connectivity index (χ1) is 13.7. The highest BCUT2D eigenvalue weighted by atomic mass is 19.1. The minimum atomic E-state index is -0.444. The molecular formula is C24H22FN2O+. The van der Waals surface area contributed by atoms with Gasteiger partial charge in [-0.15, -0.1) is 0 Å². The molecule has 1 fully saturated rings. The van der Waals surface area contributed by atoms with Crippen LogP contribution in [0.5, 0.6) is 0 Å². The van der Waals surface area contributed by atoms with Crippen molar-refractivity contribution in [2.75, 3.05) is 26.2 Å². The maximum absolute atomic E-state index is 14.0. The molecule has 3 nitrogen and oxygen atoms in total. The van der Waals surface area contributed by atoms with Gasteiger partial charge in [0.05, 0.1) is 31.7 Å². The Morgan fingerprint density at radius 1 is 0.821 bits per heavy atom. The fraction of sp³-hybridized carbons (Fsp3) is 0.208. The van der Waals surface area contributed by atoms with Gasteiger partial charge in [0.25, 0.3) is 5.91 Å².